The van der Waals surface area contributed by atoms with Crippen molar-refractivity contribution in [3.8, 4) is 0 Å². The molecule has 0 unspecified atom stereocenters. The lowest BCUT2D eigenvalue weighted by Crippen LogP contribution is -2.48. The van der Waals surface area contributed by atoms with Gasteiger partial charge in [-0.25, -0.2) is 4.98 Å². The van der Waals surface area contributed by atoms with Gasteiger partial charge in [0.15, 0.2) is 10.9 Å². The second-order valence-electron chi connectivity index (χ2n) is 7.02. The van der Waals surface area contributed by atoms with Gasteiger partial charge in [-0.2, -0.15) is 0 Å². The van der Waals surface area contributed by atoms with E-state index in [4.69, 9.17) is 9.40 Å². The number of anilines is 1. The van der Waals surface area contributed by atoms with Crippen molar-refractivity contribution < 1.29 is 14.1 Å². The Kier molecular flexibility index (Phi) is 4.76. The van der Waals surface area contributed by atoms with E-state index in [1.807, 2.05) is 0 Å². The molecule has 146 valence electrons. The van der Waals surface area contributed by atoms with Crippen molar-refractivity contribution in [2.24, 2.45) is 0 Å². The van der Waals surface area contributed by atoms with E-state index >= 15 is 0 Å². The number of para-hydroxylation sites is 1. The molecular weight excluding hydrogens is 380 g/mol. The van der Waals surface area contributed by atoms with Crippen molar-refractivity contribution >= 4 is 38.5 Å². The van der Waals surface area contributed by atoms with E-state index in [9.17, 15) is 14.9 Å². The number of aromatic nitrogens is 1. The second-order valence-corrected chi connectivity index (χ2v) is 8.03. The third-order valence-electron chi connectivity index (χ3n) is 4.88. The predicted molar refractivity (Wildman–Crippen MR) is 107 cm³/mol. The summed E-state index contributed by atoms with van der Waals surface area (Å²) in [4.78, 5) is 31.3. The summed E-state index contributed by atoms with van der Waals surface area (Å²) in [7, 11) is 0. The molecule has 1 aliphatic heterocycles. The normalized spacial score (nSPS) is 14.8. The summed E-state index contributed by atoms with van der Waals surface area (Å²) in [6, 6.07) is 8.84. The second kappa shape index (κ2) is 7.23. The van der Waals surface area contributed by atoms with E-state index in [1.165, 1.54) is 22.4 Å². The lowest BCUT2D eigenvalue weighted by Gasteiger charge is -2.34. The minimum absolute atomic E-state index is 0.00159. The minimum Gasteiger partial charge on any atom is -0.395 e. The van der Waals surface area contributed by atoms with Gasteiger partial charge >= 0.3 is 5.88 Å². The van der Waals surface area contributed by atoms with Gasteiger partial charge in [-0.1, -0.05) is 37.3 Å². The van der Waals surface area contributed by atoms with Crippen molar-refractivity contribution in [2.45, 2.75) is 19.8 Å². The first-order valence-corrected chi connectivity index (χ1v) is 9.93. The first kappa shape index (κ1) is 18.4. The Labute approximate surface area is 165 Å². The van der Waals surface area contributed by atoms with Crippen LogP contribution in [0.4, 0.5) is 11.0 Å². The molecule has 1 amide bonds. The van der Waals surface area contributed by atoms with Crippen LogP contribution in [0.2, 0.25) is 0 Å². The van der Waals surface area contributed by atoms with Gasteiger partial charge in [0.05, 0.1) is 16.3 Å². The number of nitro groups is 1. The van der Waals surface area contributed by atoms with E-state index in [2.05, 4.69) is 36.9 Å². The molecule has 0 radical (unpaired) electrons. The number of rotatable bonds is 4. The van der Waals surface area contributed by atoms with Crippen molar-refractivity contribution in [1.82, 2.24) is 9.88 Å². The SMILES string of the molecule is CC(C)c1cccc2sc(N3CCN(C(=O)c4ccc([N+](=O)[O-])o4)CC3)nc12. The monoisotopic (exact) mass is 400 g/mol. The number of thiazole rings is 1. The molecule has 1 saturated heterocycles. The Balaban J connectivity index is 1.46. The fourth-order valence-electron chi connectivity index (χ4n) is 3.36. The number of amides is 1. The van der Waals surface area contributed by atoms with Crippen LogP contribution in [0.3, 0.4) is 0 Å². The maximum Gasteiger partial charge on any atom is 0.433 e. The van der Waals surface area contributed by atoms with Crippen molar-refractivity contribution in [1.29, 1.82) is 0 Å². The average Bonchev–Trinajstić information content (AvgIpc) is 3.34. The number of carbonyl (C=O) groups excluding carboxylic acids is 1. The molecule has 1 aliphatic rings. The zero-order chi connectivity index (χ0) is 19.8. The number of carbonyl (C=O) groups is 1. The highest BCUT2D eigenvalue weighted by atomic mass is 32.1. The topological polar surface area (TPSA) is 92.7 Å². The highest BCUT2D eigenvalue weighted by Gasteiger charge is 2.27. The van der Waals surface area contributed by atoms with Gasteiger partial charge in [-0.05, 0) is 23.6 Å². The van der Waals surface area contributed by atoms with Gasteiger partial charge in [0.1, 0.15) is 4.92 Å². The number of piperazine rings is 1. The quantitative estimate of drug-likeness (QED) is 0.487. The Bertz CT molecular complexity index is 1030. The van der Waals surface area contributed by atoms with Crippen molar-refractivity contribution in [3.05, 3.63) is 51.8 Å². The fourth-order valence-corrected chi connectivity index (χ4v) is 4.41. The van der Waals surface area contributed by atoms with Crippen LogP contribution in [-0.2, 0) is 0 Å². The van der Waals surface area contributed by atoms with Gasteiger partial charge < -0.3 is 14.2 Å². The van der Waals surface area contributed by atoms with Crippen LogP contribution in [0.5, 0.6) is 0 Å². The fraction of sp³-hybridized carbons (Fsp3) is 0.368. The van der Waals surface area contributed by atoms with Crippen molar-refractivity contribution in [3.63, 3.8) is 0 Å². The zero-order valence-electron chi connectivity index (χ0n) is 15.6. The lowest BCUT2D eigenvalue weighted by atomic mass is 10.0. The molecule has 0 aliphatic carbocycles. The summed E-state index contributed by atoms with van der Waals surface area (Å²) >= 11 is 1.67. The molecule has 2 aromatic heterocycles. The summed E-state index contributed by atoms with van der Waals surface area (Å²) in [5.41, 5.74) is 2.30. The summed E-state index contributed by atoms with van der Waals surface area (Å²) in [6.45, 7) is 6.67. The van der Waals surface area contributed by atoms with Gasteiger partial charge in [-0.15, -0.1) is 0 Å². The van der Waals surface area contributed by atoms with Gasteiger partial charge in [0, 0.05) is 26.2 Å². The maximum atomic E-state index is 12.5. The molecule has 0 atom stereocenters. The zero-order valence-corrected chi connectivity index (χ0v) is 16.4. The number of benzene rings is 1. The van der Waals surface area contributed by atoms with Crippen LogP contribution < -0.4 is 4.90 Å². The third-order valence-corrected chi connectivity index (χ3v) is 5.96. The molecule has 1 aromatic carbocycles. The first-order chi connectivity index (χ1) is 13.4. The van der Waals surface area contributed by atoms with Crippen LogP contribution in [0, 0.1) is 10.1 Å². The van der Waals surface area contributed by atoms with E-state index in [-0.39, 0.29) is 11.7 Å². The molecule has 4 rings (SSSR count). The summed E-state index contributed by atoms with van der Waals surface area (Å²) in [5, 5.41) is 11.7. The molecule has 0 N–H and O–H groups in total. The summed E-state index contributed by atoms with van der Waals surface area (Å²) in [6.07, 6.45) is 0. The number of fused-ring (bicyclic) bond motifs is 1. The van der Waals surface area contributed by atoms with E-state index in [0.717, 1.165) is 10.6 Å². The molecule has 0 bridgehead atoms. The van der Waals surface area contributed by atoms with Gasteiger partial charge in [0.2, 0.25) is 0 Å². The third kappa shape index (κ3) is 3.33. The first-order valence-electron chi connectivity index (χ1n) is 9.12. The standard InChI is InChI=1S/C19H20N4O4S/c1-12(2)13-4-3-5-15-17(13)20-19(28-15)22-10-8-21(9-11-22)18(24)14-6-7-16(27-14)23(25)26/h3-7,12H,8-11H2,1-2H3. The molecule has 8 nitrogen and oxygen atoms in total. The van der Waals surface area contributed by atoms with Gasteiger partial charge in [-0.3, -0.25) is 14.9 Å². The number of nitrogens with zero attached hydrogens (tertiary/aromatic N) is 4. The lowest BCUT2D eigenvalue weighted by molar-refractivity contribution is -0.402. The van der Waals surface area contributed by atoms with Crippen LogP contribution >= 0.6 is 11.3 Å². The van der Waals surface area contributed by atoms with Crippen molar-refractivity contribution in [2.75, 3.05) is 31.1 Å². The molecular formula is C19H20N4O4S. The van der Waals surface area contributed by atoms with Crippen LogP contribution in [-0.4, -0.2) is 46.9 Å². The molecule has 0 spiro atoms. The van der Waals surface area contributed by atoms with Crippen LogP contribution in [0.25, 0.3) is 10.2 Å². The summed E-state index contributed by atoms with van der Waals surface area (Å²) < 4.78 is 6.20. The Hall–Kier alpha value is -2.94. The van der Waals surface area contributed by atoms with Crippen LogP contribution in [0.15, 0.2) is 34.7 Å². The number of hydrogen-bond donors (Lipinski definition) is 0. The van der Waals surface area contributed by atoms with E-state index in [0.29, 0.717) is 32.1 Å². The van der Waals surface area contributed by atoms with E-state index in [1.54, 1.807) is 16.2 Å². The molecule has 28 heavy (non-hydrogen) atoms. The largest absolute Gasteiger partial charge is 0.433 e. The van der Waals surface area contributed by atoms with Crippen LogP contribution in [0.1, 0.15) is 35.9 Å². The Morgan fingerprint density at radius 1 is 1.21 bits per heavy atom. The number of hydrogen-bond acceptors (Lipinski definition) is 7. The molecule has 3 heterocycles. The minimum atomic E-state index is -0.646. The maximum absolute atomic E-state index is 12.5. The highest BCUT2D eigenvalue weighted by Crippen LogP contribution is 2.33. The molecule has 9 heteroatoms. The molecule has 1 fully saturated rings. The number of furan rings is 1. The molecule has 3 aromatic rings. The Morgan fingerprint density at radius 3 is 2.61 bits per heavy atom. The predicted octanol–water partition coefficient (Wildman–Crippen LogP) is 3.88. The van der Waals surface area contributed by atoms with Gasteiger partial charge in [0.25, 0.3) is 5.91 Å². The highest BCUT2D eigenvalue weighted by molar-refractivity contribution is 7.22. The Morgan fingerprint density at radius 2 is 1.96 bits per heavy atom. The van der Waals surface area contributed by atoms with E-state index < -0.39 is 10.8 Å². The smallest absolute Gasteiger partial charge is 0.395 e. The molecule has 0 saturated carbocycles. The summed E-state index contributed by atoms with van der Waals surface area (Å²) in [5.74, 6) is -0.330. The average molecular weight is 400 g/mol.